The van der Waals surface area contributed by atoms with Gasteiger partial charge in [-0.1, -0.05) is 59.8 Å². The summed E-state index contributed by atoms with van der Waals surface area (Å²) in [6.07, 6.45) is -4.45. The van der Waals surface area contributed by atoms with Crippen molar-refractivity contribution in [2.24, 2.45) is 0 Å². The van der Waals surface area contributed by atoms with Crippen molar-refractivity contribution < 1.29 is 27.9 Å². The van der Waals surface area contributed by atoms with Crippen LogP contribution in [-0.2, 0) is 12.7 Å². The summed E-state index contributed by atoms with van der Waals surface area (Å²) in [5.41, 5.74) is 1.69. The van der Waals surface area contributed by atoms with Crippen molar-refractivity contribution in [1.29, 1.82) is 0 Å². The van der Waals surface area contributed by atoms with E-state index in [1.807, 2.05) is 6.07 Å². The van der Waals surface area contributed by atoms with Crippen molar-refractivity contribution in [1.82, 2.24) is 20.3 Å². The van der Waals surface area contributed by atoms with Gasteiger partial charge in [0.15, 0.2) is 5.69 Å². The van der Waals surface area contributed by atoms with Crippen LogP contribution in [0.5, 0.6) is 0 Å². The number of carbonyl (C=O) groups is 2. The van der Waals surface area contributed by atoms with Crippen molar-refractivity contribution in [3.8, 4) is 11.3 Å². The number of benzene rings is 3. The van der Waals surface area contributed by atoms with E-state index < -0.39 is 29.7 Å². The molecule has 3 aromatic carbocycles. The maximum absolute atomic E-state index is 13.4. The summed E-state index contributed by atoms with van der Waals surface area (Å²) in [6.45, 7) is 1.78. The van der Waals surface area contributed by atoms with Crippen LogP contribution in [0.2, 0.25) is 0 Å². The Morgan fingerprint density at radius 2 is 1.61 bits per heavy atom. The summed E-state index contributed by atoms with van der Waals surface area (Å²) >= 11 is 0. The Labute approximate surface area is 204 Å². The highest BCUT2D eigenvalue weighted by atomic mass is 19.4. The molecule has 0 radical (unpaired) electrons. The van der Waals surface area contributed by atoms with E-state index in [4.69, 9.17) is 5.11 Å². The van der Waals surface area contributed by atoms with Crippen molar-refractivity contribution in [2.45, 2.75) is 25.7 Å². The predicted octanol–water partition coefficient (Wildman–Crippen LogP) is 5.20. The zero-order chi connectivity index (χ0) is 25.9. The van der Waals surface area contributed by atoms with Crippen LogP contribution in [0.25, 0.3) is 11.3 Å². The van der Waals surface area contributed by atoms with E-state index in [2.05, 4.69) is 15.6 Å². The molecule has 7 nitrogen and oxygen atoms in total. The van der Waals surface area contributed by atoms with E-state index in [0.717, 1.165) is 12.1 Å². The number of rotatable bonds is 7. The Kier molecular flexibility index (Phi) is 6.86. The number of carbonyl (C=O) groups excluding carboxylic acids is 1. The SMILES string of the molecule is C[C@H](NC(=O)c1c(-c2ccccc2)nnn1Cc1ccc(C(F)(F)F)cc1)c1ccc(C(=O)O)cc1. The van der Waals surface area contributed by atoms with Gasteiger partial charge in [0.25, 0.3) is 5.91 Å². The molecule has 4 aromatic rings. The third-order valence-corrected chi connectivity index (χ3v) is 5.62. The van der Waals surface area contributed by atoms with Crippen LogP contribution < -0.4 is 5.32 Å². The first-order valence-electron chi connectivity index (χ1n) is 10.9. The Balaban J connectivity index is 1.63. The maximum atomic E-state index is 13.4. The predicted molar refractivity (Wildman–Crippen MR) is 125 cm³/mol. The second kappa shape index (κ2) is 10.0. The van der Waals surface area contributed by atoms with E-state index in [0.29, 0.717) is 22.4 Å². The van der Waals surface area contributed by atoms with Gasteiger partial charge in [-0.25, -0.2) is 9.48 Å². The van der Waals surface area contributed by atoms with Gasteiger partial charge in [0.2, 0.25) is 0 Å². The van der Waals surface area contributed by atoms with Gasteiger partial charge < -0.3 is 10.4 Å². The van der Waals surface area contributed by atoms with E-state index in [-0.39, 0.29) is 17.8 Å². The first kappa shape index (κ1) is 24.6. The molecule has 0 aliphatic heterocycles. The summed E-state index contributed by atoms with van der Waals surface area (Å²) in [6, 6.07) is 19.2. The van der Waals surface area contributed by atoms with Gasteiger partial charge in [0.05, 0.1) is 23.7 Å². The zero-order valence-corrected chi connectivity index (χ0v) is 19.0. The smallest absolute Gasteiger partial charge is 0.416 e. The Morgan fingerprint density at radius 1 is 0.972 bits per heavy atom. The van der Waals surface area contributed by atoms with Gasteiger partial charge in [0, 0.05) is 5.56 Å². The van der Waals surface area contributed by atoms with E-state index in [1.54, 1.807) is 43.3 Å². The normalized spacial score (nSPS) is 12.2. The van der Waals surface area contributed by atoms with Gasteiger partial charge in [0.1, 0.15) is 5.69 Å². The second-order valence-corrected chi connectivity index (χ2v) is 8.13. The molecular formula is C26H21F3N4O3. The number of carboxylic acid groups (broad SMARTS) is 1. The number of nitrogens with one attached hydrogen (secondary N) is 1. The summed E-state index contributed by atoms with van der Waals surface area (Å²) < 4.78 is 40.1. The average Bonchev–Trinajstić information content (AvgIpc) is 3.28. The summed E-state index contributed by atoms with van der Waals surface area (Å²) in [5, 5.41) is 20.3. The van der Waals surface area contributed by atoms with Gasteiger partial charge in [-0.05, 0) is 42.3 Å². The molecule has 0 saturated heterocycles. The number of halogens is 3. The van der Waals surface area contributed by atoms with E-state index >= 15 is 0 Å². The fourth-order valence-electron chi connectivity index (χ4n) is 3.67. The van der Waals surface area contributed by atoms with Crippen LogP contribution in [-0.4, -0.2) is 32.0 Å². The van der Waals surface area contributed by atoms with Crippen molar-refractivity contribution in [3.63, 3.8) is 0 Å². The molecule has 0 spiro atoms. The summed E-state index contributed by atoms with van der Waals surface area (Å²) in [7, 11) is 0. The summed E-state index contributed by atoms with van der Waals surface area (Å²) in [5.74, 6) is -1.54. The molecule has 0 aliphatic carbocycles. The minimum Gasteiger partial charge on any atom is -0.478 e. The average molecular weight is 494 g/mol. The number of alkyl halides is 3. The van der Waals surface area contributed by atoms with E-state index in [1.165, 1.54) is 28.9 Å². The third kappa shape index (κ3) is 5.43. The third-order valence-electron chi connectivity index (χ3n) is 5.62. The molecular weight excluding hydrogens is 473 g/mol. The number of hydrogen-bond acceptors (Lipinski definition) is 4. The minimum absolute atomic E-state index is 0.0302. The number of carboxylic acids is 1. The van der Waals surface area contributed by atoms with Crippen LogP contribution in [0.15, 0.2) is 78.9 Å². The monoisotopic (exact) mass is 494 g/mol. The van der Waals surface area contributed by atoms with Crippen LogP contribution in [0.1, 0.15) is 50.5 Å². The number of amides is 1. The van der Waals surface area contributed by atoms with Crippen molar-refractivity contribution >= 4 is 11.9 Å². The molecule has 36 heavy (non-hydrogen) atoms. The Hall–Kier alpha value is -4.47. The van der Waals surface area contributed by atoms with E-state index in [9.17, 15) is 22.8 Å². The van der Waals surface area contributed by atoms with Gasteiger partial charge in [-0.15, -0.1) is 5.10 Å². The molecule has 1 amide bonds. The lowest BCUT2D eigenvalue weighted by molar-refractivity contribution is -0.137. The number of aromatic nitrogens is 3. The fraction of sp³-hybridized carbons (Fsp3) is 0.154. The molecule has 184 valence electrons. The lowest BCUT2D eigenvalue weighted by atomic mass is 10.1. The number of hydrogen-bond donors (Lipinski definition) is 2. The summed E-state index contributed by atoms with van der Waals surface area (Å²) in [4.78, 5) is 24.5. The highest BCUT2D eigenvalue weighted by molar-refractivity contribution is 5.98. The maximum Gasteiger partial charge on any atom is 0.416 e. The molecule has 4 rings (SSSR count). The minimum atomic E-state index is -4.45. The topological polar surface area (TPSA) is 97.1 Å². The van der Waals surface area contributed by atoms with Gasteiger partial charge >= 0.3 is 12.1 Å². The van der Waals surface area contributed by atoms with Crippen molar-refractivity contribution in [2.75, 3.05) is 0 Å². The molecule has 1 atom stereocenters. The Bertz CT molecular complexity index is 1370. The molecule has 0 fully saturated rings. The first-order chi connectivity index (χ1) is 17.1. The molecule has 1 aromatic heterocycles. The largest absolute Gasteiger partial charge is 0.478 e. The molecule has 0 aliphatic rings. The molecule has 0 unspecified atom stereocenters. The zero-order valence-electron chi connectivity index (χ0n) is 19.0. The highest BCUT2D eigenvalue weighted by Gasteiger charge is 2.30. The Morgan fingerprint density at radius 3 is 2.19 bits per heavy atom. The molecule has 0 saturated carbocycles. The lowest BCUT2D eigenvalue weighted by Gasteiger charge is -2.16. The second-order valence-electron chi connectivity index (χ2n) is 8.13. The quantitative estimate of drug-likeness (QED) is 0.368. The number of nitrogens with zero attached hydrogens (tertiary/aromatic N) is 3. The highest BCUT2D eigenvalue weighted by Crippen LogP contribution is 2.29. The van der Waals surface area contributed by atoms with Crippen molar-refractivity contribution in [3.05, 3.63) is 107 Å². The van der Waals surface area contributed by atoms with Gasteiger partial charge in [-0.3, -0.25) is 4.79 Å². The molecule has 0 bridgehead atoms. The molecule has 10 heteroatoms. The molecule has 2 N–H and O–H groups in total. The van der Waals surface area contributed by atoms with Gasteiger partial charge in [-0.2, -0.15) is 13.2 Å². The fourth-order valence-corrected chi connectivity index (χ4v) is 3.67. The number of aromatic carboxylic acids is 1. The lowest BCUT2D eigenvalue weighted by Crippen LogP contribution is -2.29. The van der Waals surface area contributed by atoms with Crippen LogP contribution in [0, 0.1) is 0 Å². The molecule has 1 heterocycles. The van der Waals surface area contributed by atoms with Crippen LogP contribution in [0.4, 0.5) is 13.2 Å². The standard InChI is InChI=1S/C26H21F3N4O3/c1-16(18-9-11-20(12-10-18)25(35)36)30-24(34)23-22(19-5-3-2-4-6-19)31-32-33(23)15-17-7-13-21(14-8-17)26(27,28)29/h2-14,16H,15H2,1H3,(H,30,34)(H,35,36)/t16-/m0/s1. The van der Waals surface area contributed by atoms with Crippen LogP contribution >= 0.6 is 0 Å². The van der Waals surface area contributed by atoms with Crippen LogP contribution in [0.3, 0.4) is 0 Å². The first-order valence-corrected chi connectivity index (χ1v) is 10.9.